The molecular weight excluding hydrogens is 457 g/mol. The Morgan fingerprint density at radius 3 is 2.26 bits per heavy atom. The highest BCUT2D eigenvalue weighted by Gasteiger charge is 2.12. The van der Waals surface area contributed by atoms with Gasteiger partial charge in [-0.2, -0.15) is 0 Å². The second-order valence-electron chi connectivity index (χ2n) is 5.76. The normalized spacial score (nSPS) is 10.6. The molecule has 0 radical (unpaired) electrons. The van der Waals surface area contributed by atoms with Gasteiger partial charge in [0.1, 0.15) is 5.75 Å². The van der Waals surface area contributed by atoms with Gasteiger partial charge in [-0.05, 0) is 23.8 Å². The van der Waals surface area contributed by atoms with Crippen molar-refractivity contribution in [2.24, 2.45) is 4.99 Å². The van der Waals surface area contributed by atoms with E-state index in [4.69, 9.17) is 14.2 Å². The van der Waals surface area contributed by atoms with Crippen LogP contribution < -0.4 is 19.5 Å². The van der Waals surface area contributed by atoms with Crippen molar-refractivity contribution < 1.29 is 14.2 Å². The topological polar surface area (TPSA) is 55.3 Å². The number of nitrogens with one attached hydrogen (secondary N) is 1. The second-order valence-corrected chi connectivity index (χ2v) is 5.76. The maximum absolute atomic E-state index is 5.48. The summed E-state index contributed by atoms with van der Waals surface area (Å²) >= 11 is 0. The lowest BCUT2D eigenvalue weighted by atomic mass is 10.2. The van der Waals surface area contributed by atoms with E-state index in [1.54, 1.807) is 28.4 Å². The Bertz CT molecular complexity index is 736. The number of benzene rings is 2. The van der Waals surface area contributed by atoms with Crippen molar-refractivity contribution in [2.45, 2.75) is 13.1 Å². The molecule has 0 aliphatic carbocycles. The smallest absolute Gasteiger partial charge is 0.193 e. The Labute approximate surface area is 178 Å². The molecule has 0 amide bonds. The highest BCUT2D eigenvalue weighted by Crippen LogP contribution is 2.30. The highest BCUT2D eigenvalue weighted by molar-refractivity contribution is 14.0. The van der Waals surface area contributed by atoms with E-state index in [-0.39, 0.29) is 24.0 Å². The molecule has 0 spiro atoms. The van der Waals surface area contributed by atoms with Crippen LogP contribution in [0.15, 0.2) is 47.5 Å². The molecule has 2 aromatic carbocycles. The van der Waals surface area contributed by atoms with E-state index >= 15 is 0 Å². The Hall–Kier alpha value is -2.16. The summed E-state index contributed by atoms with van der Waals surface area (Å²) in [4.78, 5) is 6.43. The number of guanidine groups is 1. The number of ether oxygens (including phenoxy) is 3. The molecule has 0 aliphatic heterocycles. The molecule has 2 rings (SSSR count). The van der Waals surface area contributed by atoms with Crippen molar-refractivity contribution in [3.05, 3.63) is 53.6 Å². The molecule has 0 fully saturated rings. The molecule has 0 bridgehead atoms. The van der Waals surface area contributed by atoms with Gasteiger partial charge in [0.15, 0.2) is 17.5 Å². The zero-order chi connectivity index (χ0) is 18.9. The standard InChI is InChI=1S/C20H27N3O3.HI/c1-21-20(23(2)14-15-9-11-17(24-3)12-10-15)22-13-16-7-6-8-18(25-4)19(16)26-5;/h6-12H,13-14H2,1-5H3,(H,21,22);1H. The molecule has 6 nitrogen and oxygen atoms in total. The first kappa shape index (κ1) is 22.9. The summed E-state index contributed by atoms with van der Waals surface area (Å²) in [6.07, 6.45) is 0. The van der Waals surface area contributed by atoms with Crippen LogP contribution in [0.4, 0.5) is 0 Å². The fourth-order valence-corrected chi connectivity index (χ4v) is 2.73. The lowest BCUT2D eigenvalue weighted by Gasteiger charge is -2.23. The first-order valence-corrected chi connectivity index (χ1v) is 8.37. The fourth-order valence-electron chi connectivity index (χ4n) is 2.73. The van der Waals surface area contributed by atoms with Crippen molar-refractivity contribution in [1.29, 1.82) is 0 Å². The van der Waals surface area contributed by atoms with E-state index < -0.39 is 0 Å². The van der Waals surface area contributed by atoms with E-state index in [9.17, 15) is 0 Å². The lowest BCUT2D eigenvalue weighted by Crippen LogP contribution is -2.38. The van der Waals surface area contributed by atoms with Crippen LogP contribution >= 0.6 is 24.0 Å². The van der Waals surface area contributed by atoms with Gasteiger partial charge >= 0.3 is 0 Å². The van der Waals surface area contributed by atoms with Gasteiger partial charge in [-0.15, -0.1) is 24.0 Å². The minimum atomic E-state index is 0. The third kappa shape index (κ3) is 6.20. The van der Waals surface area contributed by atoms with Crippen LogP contribution in [0.5, 0.6) is 17.2 Å². The number of rotatable bonds is 7. The Morgan fingerprint density at radius 1 is 1.00 bits per heavy atom. The number of methoxy groups -OCH3 is 3. The third-order valence-corrected chi connectivity index (χ3v) is 4.07. The molecule has 7 heteroatoms. The molecular formula is C20H28IN3O3. The first-order chi connectivity index (χ1) is 12.6. The largest absolute Gasteiger partial charge is 0.497 e. The number of hydrogen-bond acceptors (Lipinski definition) is 4. The van der Waals surface area contributed by atoms with Crippen molar-refractivity contribution in [1.82, 2.24) is 10.2 Å². The number of nitrogens with zero attached hydrogens (tertiary/aromatic N) is 2. The number of halogens is 1. The molecule has 0 heterocycles. The summed E-state index contributed by atoms with van der Waals surface area (Å²) in [5.74, 6) is 3.10. The van der Waals surface area contributed by atoms with Gasteiger partial charge in [-0.25, -0.2) is 0 Å². The number of hydrogen-bond donors (Lipinski definition) is 1. The van der Waals surface area contributed by atoms with E-state index in [0.29, 0.717) is 12.3 Å². The van der Waals surface area contributed by atoms with Crippen molar-refractivity contribution in [2.75, 3.05) is 35.4 Å². The number of para-hydroxylation sites is 1. The molecule has 0 aromatic heterocycles. The van der Waals surface area contributed by atoms with E-state index in [2.05, 4.69) is 15.2 Å². The summed E-state index contributed by atoms with van der Waals surface area (Å²) < 4.78 is 16.0. The average molecular weight is 485 g/mol. The van der Waals surface area contributed by atoms with Crippen LogP contribution in [0, 0.1) is 0 Å². The Balaban J connectivity index is 0.00000364. The van der Waals surface area contributed by atoms with Crippen molar-refractivity contribution >= 4 is 29.9 Å². The van der Waals surface area contributed by atoms with Gasteiger partial charge in [0, 0.05) is 32.7 Å². The molecule has 0 unspecified atom stereocenters. The Morgan fingerprint density at radius 2 is 1.70 bits per heavy atom. The molecule has 148 valence electrons. The summed E-state index contributed by atoms with van der Waals surface area (Å²) in [6, 6.07) is 13.8. The zero-order valence-corrected chi connectivity index (χ0v) is 18.8. The quantitative estimate of drug-likeness (QED) is 0.370. The summed E-state index contributed by atoms with van der Waals surface area (Å²) in [6.45, 7) is 1.32. The van der Waals surface area contributed by atoms with Gasteiger partial charge in [-0.1, -0.05) is 24.3 Å². The maximum atomic E-state index is 5.48. The maximum Gasteiger partial charge on any atom is 0.193 e. The van der Waals surface area contributed by atoms with Crippen LogP contribution in [-0.4, -0.2) is 46.3 Å². The average Bonchev–Trinajstić information content (AvgIpc) is 2.68. The van der Waals surface area contributed by atoms with Gasteiger partial charge in [0.25, 0.3) is 0 Å². The minimum absolute atomic E-state index is 0. The fraction of sp³-hybridized carbons (Fsp3) is 0.350. The molecule has 0 aliphatic rings. The predicted octanol–water partition coefficient (Wildman–Crippen LogP) is 3.54. The summed E-state index contributed by atoms with van der Waals surface area (Å²) in [7, 11) is 8.72. The minimum Gasteiger partial charge on any atom is -0.497 e. The van der Waals surface area contributed by atoms with Gasteiger partial charge in [-0.3, -0.25) is 4.99 Å². The van der Waals surface area contributed by atoms with Crippen LogP contribution in [0.3, 0.4) is 0 Å². The molecule has 0 saturated carbocycles. The predicted molar refractivity (Wildman–Crippen MR) is 120 cm³/mol. The van der Waals surface area contributed by atoms with Gasteiger partial charge in [0.05, 0.1) is 21.3 Å². The zero-order valence-electron chi connectivity index (χ0n) is 16.5. The van der Waals surface area contributed by atoms with Gasteiger partial charge in [0.2, 0.25) is 0 Å². The van der Waals surface area contributed by atoms with Crippen molar-refractivity contribution in [3.63, 3.8) is 0 Å². The summed E-state index contributed by atoms with van der Waals surface area (Å²) in [5, 5.41) is 3.37. The van der Waals surface area contributed by atoms with Crippen LogP contribution in [0.25, 0.3) is 0 Å². The number of aliphatic imine (C=N–C) groups is 1. The van der Waals surface area contributed by atoms with E-state index in [1.807, 2.05) is 49.5 Å². The monoisotopic (exact) mass is 485 g/mol. The Kier molecular flexibility index (Phi) is 9.77. The molecule has 1 N–H and O–H groups in total. The summed E-state index contributed by atoms with van der Waals surface area (Å²) in [5.41, 5.74) is 2.18. The molecule has 2 aromatic rings. The van der Waals surface area contributed by atoms with E-state index in [0.717, 1.165) is 29.6 Å². The van der Waals surface area contributed by atoms with E-state index in [1.165, 1.54) is 5.56 Å². The third-order valence-electron chi connectivity index (χ3n) is 4.07. The van der Waals surface area contributed by atoms with Crippen LogP contribution in [0.1, 0.15) is 11.1 Å². The second kappa shape index (κ2) is 11.5. The lowest BCUT2D eigenvalue weighted by molar-refractivity contribution is 0.351. The molecule has 0 atom stereocenters. The van der Waals surface area contributed by atoms with Crippen LogP contribution in [0.2, 0.25) is 0 Å². The van der Waals surface area contributed by atoms with Gasteiger partial charge < -0.3 is 24.4 Å². The van der Waals surface area contributed by atoms with Crippen LogP contribution in [-0.2, 0) is 13.1 Å². The van der Waals surface area contributed by atoms with Crippen molar-refractivity contribution in [3.8, 4) is 17.2 Å². The first-order valence-electron chi connectivity index (χ1n) is 8.37. The molecule has 0 saturated heterocycles. The highest BCUT2D eigenvalue weighted by atomic mass is 127. The SMILES string of the molecule is CN=C(NCc1cccc(OC)c1OC)N(C)Cc1ccc(OC)cc1.I. The molecule has 27 heavy (non-hydrogen) atoms.